The normalized spacial score (nSPS) is 16.7. The van der Waals surface area contributed by atoms with E-state index in [0.29, 0.717) is 41.5 Å². The number of amides is 1. The molecule has 2 rings (SSSR count). The lowest BCUT2D eigenvalue weighted by Crippen LogP contribution is -2.45. The van der Waals surface area contributed by atoms with Crippen LogP contribution >= 0.6 is 23.2 Å². The van der Waals surface area contributed by atoms with Crippen molar-refractivity contribution in [3.63, 3.8) is 0 Å². The van der Waals surface area contributed by atoms with Crippen LogP contribution in [0.4, 0.5) is 0 Å². The number of likely N-dealkylation sites (tertiary alicyclic amines) is 1. The second kappa shape index (κ2) is 6.59. The molecule has 22 heavy (non-hydrogen) atoms. The van der Waals surface area contributed by atoms with E-state index in [0.717, 1.165) is 0 Å². The Morgan fingerprint density at radius 3 is 2.18 bits per heavy atom. The van der Waals surface area contributed by atoms with Gasteiger partial charge in [-0.25, -0.2) is 0 Å². The van der Waals surface area contributed by atoms with Gasteiger partial charge in [0.1, 0.15) is 0 Å². The number of nitrogens with zero attached hydrogens (tertiary/aromatic N) is 1. The zero-order chi connectivity index (χ0) is 16.5. The Kier molecular flexibility index (Phi) is 5.18. The molecule has 1 saturated heterocycles. The van der Waals surface area contributed by atoms with Crippen molar-refractivity contribution in [2.75, 3.05) is 13.1 Å². The van der Waals surface area contributed by atoms with Crippen LogP contribution in [0.2, 0.25) is 10.0 Å². The van der Waals surface area contributed by atoms with Crippen LogP contribution in [-0.2, 0) is 4.79 Å². The van der Waals surface area contributed by atoms with Gasteiger partial charge in [-0.05, 0) is 31.0 Å². The van der Waals surface area contributed by atoms with Crippen LogP contribution < -0.4 is 0 Å². The minimum absolute atomic E-state index is 0.0544. The Balaban J connectivity index is 2.01. The molecule has 1 aliphatic rings. The van der Waals surface area contributed by atoms with Gasteiger partial charge in [0.2, 0.25) is 5.91 Å². The minimum atomic E-state index is -0.374. The molecule has 0 radical (unpaired) electrons. The zero-order valence-corrected chi connectivity index (χ0v) is 14.7. The summed E-state index contributed by atoms with van der Waals surface area (Å²) in [5, 5.41) is 0.844. The molecule has 1 fully saturated rings. The first-order chi connectivity index (χ1) is 10.2. The highest BCUT2D eigenvalue weighted by atomic mass is 35.5. The lowest BCUT2D eigenvalue weighted by atomic mass is 9.87. The fourth-order valence-corrected chi connectivity index (χ4v) is 3.00. The first-order valence-electron chi connectivity index (χ1n) is 7.49. The number of ketones is 1. The molecule has 1 aromatic carbocycles. The predicted molar refractivity (Wildman–Crippen MR) is 89.6 cm³/mol. The summed E-state index contributed by atoms with van der Waals surface area (Å²) < 4.78 is 0. The number of hydrogen-bond acceptors (Lipinski definition) is 2. The van der Waals surface area contributed by atoms with Crippen LogP contribution in [0.3, 0.4) is 0 Å². The molecule has 0 N–H and O–H groups in total. The van der Waals surface area contributed by atoms with E-state index in [9.17, 15) is 9.59 Å². The molecule has 0 saturated carbocycles. The van der Waals surface area contributed by atoms with Gasteiger partial charge in [0.15, 0.2) is 5.78 Å². The van der Waals surface area contributed by atoms with Gasteiger partial charge in [0.25, 0.3) is 0 Å². The highest BCUT2D eigenvalue weighted by Gasteiger charge is 2.32. The molecule has 0 bridgehead atoms. The highest BCUT2D eigenvalue weighted by Crippen LogP contribution is 2.28. The first kappa shape index (κ1) is 17.3. The number of halogens is 2. The van der Waals surface area contributed by atoms with E-state index in [-0.39, 0.29) is 23.0 Å². The van der Waals surface area contributed by atoms with Gasteiger partial charge >= 0.3 is 0 Å². The zero-order valence-electron chi connectivity index (χ0n) is 13.2. The summed E-state index contributed by atoms with van der Waals surface area (Å²) >= 11 is 11.9. The van der Waals surface area contributed by atoms with Crippen LogP contribution in [0.1, 0.15) is 44.0 Å². The molecule has 1 amide bonds. The molecular weight excluding hydrogens is 321 g/mol. The van der Waals surface area contributed by atoms with Crippen LogP contribution in [-0.4, -0.2) is 29.7 Å². The van der Waals surface area contributed by atoms with Crippen LogP contribution in [0.25, 0.3) is 0 Å². The number of benzene rings is 1. The van der Waals surface area contributed by atoms with Crippen molar-refractivity contribution in [1.29, 1.82) is 0 Å². The van der Waals surface area contributed by atoms with Crippen molar-refractivity contribution >= 4 is 34.9 Å². The van der Waals surface area contributed by atoms with Crippen molar-refractivity contribution in [3.05, 3.63) is 33.8 Å². The van der Waals surface area contributed by atoms with Gasteiger partial charge in [-0.2, -0.15) is 0 Å². The van der Waals surface area contributed by atoms with E-state index < -0.39 is 0 Å². The second-order valence-electron chi connectivity index (χ2n) is 6.81. The number of hydrogen-bond donors (Lipinski definition) is 0. The molecule has 0 atom stereocenters. The maximum atomic E-state index is 12.5. The lowest BCUT2D eigenvalue weighted by molar-refractivity contribution is -0.140. The smallest absolute Gasteiger partial charge is 0.227 e. The number of carbonyl (C=O) groups excluding carboxylic acids is 2. The predicted octanol–water partition coefficient (Wildman–Crippen LogP) is 4.46. The Hall–Kier alpha value is -1.06. The minimum Gasteiger partial charge on any atom is -0.342 e. The van der Waals surface area contributed by atoms with E-state index >= 15 is 0 Å². The Labute approximate surface area is 141 Å². The number of carbonyl (C=O) groups is 2. The van der Waals surface area contributed by atoms with Gasteiger partial charge in [-0.1, -0.05) is 44.0 Å². The number of Topliss-reactive ketones (excluding diaryl/α,β-unsaturated/α-hetero) is 1. The molecule has 0 unspecified atom stereocenters. The van der Waals surface area contributed by atoms with Crippen molar-refractivity contribution in [2.45, 2.75) is 33.6 Å². The highest BCUT2D eigenvalue weighted by molar-refractivity contribution is 6.42. The molecule has 120 valence electrons. The van der Waals surface area contributed by atoms with Crippen molar-refractivity contribution in [2.24, 2.45) is 11.3 Å². The molecular formula is C17H21Cl2NO2. The summed E-state index contributed by atoms with van der Waals surface area (Å²) in [4.78, 5) is 26.6. The van der Waals surface area contributed by atoms with E-state index in [1.54, 1.807) is 18.2 Å². The van der Waals surface area contributed by atoms with E-state index in [2.05, 4.69) is 0 Å². The largest absolute Gasteiger partial charge is 0.342 e. The standard InChI is InChI=1S/C17H21Cl2NO2/c1-17(2,3)16(22)20-8-6-11(7-9-20)15(21)12-4-5-13(18)14(19)10-12/h4-5,10-11H,6-9H2,1-3H3. The van der Waals surface area contributed by atoms with E-state index in [1.165, 1.54) is 0 Å². The third-order valence-corrected chi connectivity index (χ3v) is 4.74. The fraction of sp³-hybridized carbons (Fsp3) is 0.529. The fourth-order valence-electron chi connectivity index (χ4n) is 2.70. The molecule has 1 aliphatic heterocycles. The molecule has 0 spiro atoms. The third-order valence-electron chi connectivity index (χ3n) is 4.00. The quantitative estimate of drug-likeness (QED) is 0.744. The summed E-state index contributed by atoms with van der Waals surface area (Å²) in [6.45, 7) is 7.02. The van der Waals surface area contributed by atoms with Crippen LogP contribution in [0.5, 0.6) is 0 Å². The molecule has 1 aromatic rings. The SMILES string of the molecule is CC(C)(C)C(=O)N1CCC(C(=O)c2ccc(Cl)c(Cl)c2)CC1. The van der Waals surface area contributed by atoms with Crippen molar-refractivity contribution < 1.29 is 9.59 Å². The second-order valence-corrected chi connectivity index (χ2v) is 7.62. The molecule has 3 nitrogen and oxygen atoms in total. The summed E-state index contributed by atoms with van der Waals surface area (Å²) in [6, 6.07) is 4.98. The lowest BCUT2D eigenvalue weighted by Gasteiger charge is -2.35. The Bertz CT molecular complexity index is 585. The van der Waals surface area contributed by atoms with Gasteiger partial charge in [0, 0.05) is 30.0 Å². The first-order valence-corrected chi connectivity index (χ1v) is 8.24. The van der Waals surface area contributed by atoms with Crippen LogP contribution in [0.15, 0.2) is 18.2 Å². The maximum absolute atomic E-state index is 12.5. The van der Waals surface area contributed by atoms with E-state index in [1.807, 2.05) is 25.7 Å². The average molecular weight is 342 g/mol. The van der Waals surface area contributed by atoms with Crippen molar-refractivity contribution in [3.8, 4) is 0 Å². The summed E-state index contributed by atoms with van der Waals surface area (Å²) in [5.41, 5.74) is 0.218. The number of piperidine rings is 1. The van der Waals surface area contributed by atoms with Crippen molar-refractivity contribution in [1.82, 2.24) is 4.90 Å². The summed E-state index contributed by atoms with van der Waals surface area (Å²) in [5.74, 6) is 0.177. The monoisotopic (exact) mass is 341 g/mol. The van der Waals surface area contributed by atoms with Gasteiger partial charge < -0.3 is 4.90 Å². The topological polar surface area (TPSA) is 37.4 Å². The third kappa shape index (κ3) is 3.82. The Morgan fingerprint density at radius 2 is 1.68 bits per heavy atom. The average Bonchev–Trinajstić information content (AvgIpc) is 2.48. The van der Waals surface area contributed by atoms with Crippen LogP contribution in [0, 0.1) is 11.3 Å². The maximum Gasteiger partial charge on any atom is 0.227 e. The Morgan fingerprint density at radius 1 is 1.09 bits per heavy atom. The van der Waals surface area contributed by atoms with Gasteiger partial charge in [-0.3, -0.25) is 9.59 Å². The molecule has 0 aromatic heterocycles. The summed E-state index contributed by atoms with van der Waals surface area (Å²) in [7, 11) is 0. The molecule has 0 aliphatic carbocycles. The molecule has 5 heteroatoms. The van der Waals surface area contributed by atoms with Gasteiger partial charge in [0.05, 0.1) is 10.0 Å². The summed E-state index contributed by atoms with van der Waals surface area (Å²) in [6.07, 6.45) is 1.39. The molecule has 1 heterocycles. The number of rotatable bonds is 2. The van der Waals surface area contributed by atoms with E-state index in [4.69, 9.17) is 23.2 Å². The van der Waals surface area contributed by atoms with Gasteiger partial charge in [-0.15, -0.1) is 0 Å².